The lowest BCUT2D eigenvalue weighted by molar-refractivity contribution is -0.134. The Balaban J connectivity index is 1.75. The van der Waals surface area contributed by atoms with E-state index in [1.807, 2.05) is 12.1 Å². The van der Waals surface area contributed by atoms with Gasteiger partial charge in [-0.15, -0.1) is 0 Å². The summed E-state index contributed by atoms with van der Waals surface area (Å²) in [4.78, 5) is 46.7. The summed E-state index contributed by atoms with van der Waals surface area (Å²) in [5.74, 6) is -2.65. The van der Waals surface area contributed by atoms with Crippen molar-refractivity contribution < 1.29 is 19.2 Å². The van der Waals surface area contributed by atoms with Crippen LogP contribution in [-0.2, 0) is 25.6 Å². The molecule has 0 fully saturated rings. The number of Topliss-reactive ketones (excluding diaryl/α,β-unsaturated/α-hetero) is 1. The van der Waals surface area contributed by atoms with Crippen LogP contribution >= 0.6 is 0 Å². The van der Waals surface area contributed by atoms with Gasteiger partial charge in [-0.05, 0) is 17.5 Å². The van der Waals surface area contributed by atoms with Gasteiger partial charge >= 0.3 is 0 Å². The zero-order chi connectivity index (χ0) is 15.7. The Hall–Kier alpha value is -3.02. The molecule has 0 saturated carbocycles. The number of rotatable bonds is 3. The van der Waals surface area contributed by atoms with Crippen LogP contribution in [0, 0.1) is 0 Å². The predicted molar refractivity (Wildman–Crippen MR) is 77.1 cm³/mol. The minimum absolute atomic E-state index is 0.124. The summed E-state index contributed by atoms with van der Waals surface area (Å²) in [6.07, 6.45) is 3.28. The number of allylic oxidation sites excluding steroid dienone is 1. The lowest BCUT2D eigenvalue weighted by Gasteiger charge is -2.13. The molecule has 6 heteroatoms. The first kappa shape index (κ1) is 13.9. The molecule has 0 spiro atoms. The first-order chi connectivity index (χ1) is 10.5. The van der Waals surface area contributed by atoms with Crippen molar-refractivity contribution in [2.24, 2.45) is 0 Å². The van der Waals surface area contributed by atoms with E-state index in [9.17, 15) is 19.2 Å². The van der Waals surface area contributed by atoms with Crippen molar-refractivity contribution >= 4 is 29.1 Å². The molecule has 0 saturated heterocycles. The zero-order valence-corrected chi connectivity index (χ0v) is 11.5. The van der Waals surface area contributed by atoms with Crippen LogP contribution in [0.4, 0.5) is 0 Å². The van der Waals surface area contributed by atoms with E-state index in [4.69, 9.17) is 0 Å². The highest BCUT2D eigenvalue weighted by molar-refractivity contribution is 6.54. The number of amides is 3. The molecule has 110 valence electrons. The smallest absolute Gasteiger partial charge is 0.296 e. The highest BCUT2D eigenvalue weighted by atomic mass is 16.2. The van der Waals surface area contributed by atoms with Gasteiger partial charge in [0.15, 0.2) is 0 Å². The van der Waals surface area contributed by atoms with E-state index in [1.165, 1.54) is 0 Å². The van der Waals surface area contributed by atoms with E-state index in [0.29, 0.717) is 12.0 Å². The average molecular weight is 296 g/mol. The molecule has 1 aliphatic carbocycles. The maximum atomic E-state index is 12.3. The van der Waals surface area contributed by atoms with Crippen LogP contribution in [0.5, 0.6) is 0 Å². The second-order valence-corrected chi connectivity index (χ2v) is 5.02. The number of hydrogen-bond acceptors (Lipinski definition) is 4. The summed E-state index contributed by atoms with van der Waals surface area (Å²) >= 11 is 0. The first-order valence-corrected chi connectivity index (χ1v) is 6.73. The molecular weight excluding hydrogens is 284 g/mol. The van der Waals surface area contributed by atoms with Crippen molar-refractivity contribution in [1.29, 1.82) is 0 Å². The molecule has 0 radical (unpaired) electrons. The van der Waals surface area contributed by atoms with Crippen molar-refractivity contribution in [2.75, 3.05) is 0 Å². The fourth-order valence-electron chi connectivity index (χ4n) is 2.50. The number of fused-ring (bicyclic) bond motifs is 1. The van der Waals surface area contributed by atoms with Gasteiger partial charge in [-0.2, -0.15) is 0 Å². The summed E-state index contributed by atoms with van der Waals surface area (Å²) in [6.45, 7) is 0. The molecule has 0 unspecified atom stereocenters. The van der Waals surface area contributed by atoms with Crippen molar-refractivity contribution in [2.45, 2.75) is 12.8 Å². The Bertz CT molecular complexity index is 774. The molecule has 1 aromatic rings. The second-order valence-electron chi connectivity index (χ2n) is 5.02. The Morgan fingerprint density at radius 2 is 1.91 bits per heavy atom. The molecule has 6 nitrogen and oxygen atoms in total. The van der Waals surface area contributed by atoms with Crippen LogP contribution in [0.25, 0.3) is 5.57 Å². The van der Waals surface area contributed by atoms with E-state index in [0.717, 1.165) is 17.2 Å². The summed E-state index contributed by atoms with van der Waals surface area (Å²) in [5, 5.41) is 4.42. The first-order valence-electron chi connectivity index (χ1n) is 6.73. The van der Waals surface area contributed by atoms with Crippen LogP contribution < -0.4 is 10.6 Å². The monoisotopic (exact) mass is 296 g/mol. The maximum Gasteiger partial charge on any atom is 0.296 e. The fraction of sp³-hybridized carbons (Fsp3) is 0.125. The van der Waals surface area contributed by atoms with E-state index in [1.54, 1.807) is 18.2 Å². The van der Waals surface area contributed by atoms with Crippen molar-refractivity contribution in [3.63, 3.8) is 0 Å². The number of benzene rings is 1. The third kappa shape index (κ3) is 2.58. The Kier molecular flexibility index (Phi) is 3.42. The van der Waals surface area contributed by atoms with Gasteiger partial charge in [0.2, 0.25) is 5.91 Å². The number of ketones is 1. The van der Waals surface area contributed by atoms with Gasteiger partial charge in [-0.1, -0.05) is 30.3 Å². The van der Waals surface area contributed by atoms with Gasteiger partial charge in [0, 0.05) is 17.3 Å². The number of carbonyl (C=O) groups excluding carboxylic acids is 4. The molecule has 3 rings (SSSR count). The molecule has 0 atom stereocenters. The lowest BCUT2D eigenvalue weighted by atomic mass is 10.0. The van der Waals surface area contributed by atoms with Crippen LogP contribution in [-0.4, -0.2) is 23.5 Å². The molecule has 1 aliphatic heterocycles. The van der Waals surface area contributed by atoms with Gasteiger partial charge in [0.1, 0.15) is 0 Å². The summed E-state index contributed by atoms with van der Waals surface area (Å²) in [5.41, 5.74) is 2.21. The van der Waals surface area contributed by atoms with Crippen LogP contribution in [0.15, 0.2) is 42.1 Å². The molecule has 0 aromatic heterocycles. The van der Waals surface area contributed by atoms with Gasteiger partial charge in [0.05, 0.1) is 6.42 Å². The summed E-state index contributed by atoms with van der Waals surface area (Å²) < 4.78 is 0. The standard InChI is InChI=1S/C16H12N2O4/c19-13-7-10(8-14(20)18-13)17-16(22)15(21)12-6-5-9-3-1-2-4-11(9)12/h1-4,6-7H,5,8H2,(H,17,22)(H,18,19,20). The second kappa shape index (κ2) is 5.40. The van der Waals surface area contributed by atoms with Gasteiger partial charge in [-0.25, -0.2) is 0 Å². The topological polar surface area (TPSA) is 92.3 Å². The number of hydrogen-bond donors (Lipinski definition) is 2. The fourth-order valence-corrected chi connectivity index (χ4v) is 2.50. The summed E-state index contributed by atoms with van der Waals surface area (Å²) in [6, 6.07) is 7.36. The maximum absolute atomic E-state index is 12.3. The third-order valence-electron chi connectivity index (χ3n) is 3.48. The average Bonchev–Trinajstić information content (AvgIpc) is 2.89. The minimum atomic E-state index is -0.850. The van der Waals surface area contributed by atoms with Crippen molar-refractivity contribution in [1.82, 2.24) is 10.6 Å². The number of carbonyl (C=O) groups is 4. The van der Waals surface area contributed by atoms with Crippen LogP contribution in [0.3, 0.4) is 0 Å². The lowest BCUT2D eigenvalue weighted by Crippen LogP contribution is -2.39. The molecule has 0 bridgehead atoms. The molecule has 2 aliphatic rings. The third-order valence-corrected chi connectivity index (χ3v) is 3.48. The molecule has 1 aromatic carbocycles. The quantitative estimate of drug-likeness (QED) is 0.617. The molecule has 2 N–H and O–H groups in total. The van der Waals surface area contributed by atoms with Crippen molar-refractivity contribution in [3.05, 3.63) is 53.2 Å². The van der Waals surface area contributed by atoms with Gasteiger partial charge < -0.3 is 5.32 Å². The number of imide groups is 1. The zero-order valence-electron chi connectivity index (χ0n) is 11.5. The van der Waals surface area contributed by atoms with E-state index >= 15 is 0 Å². The molecular formula is C16H12N2O4. The highest BCUT2D eigenvalue weighted by Gasteiger charge is 2.27. The molecule has 1 heterocycles. The largest absolute Gasteiger partial charge is 0.322 e. The SMILES string of the molecule is O=C1C=C(NC(=O)C(=O)C2=CCc3ccccc32)CC(=O)N1. The van der Waals surface area contributed by atoms with Crippen LogP contribution in [0.2, 0.25) is 0 Å². The minimum Gasteiger partial charge on any atom is -0.322 e. The van der Waals surface area contributed by atoms with Crippen LogP contribution in [0.1, 0.15) is 17.5 Å². The van der Waals surface area contributed by atoms with E-state index in [-0.39, 0.29) is 12.1 Å². The normalized spacial score (nSPS) is 16.4. The highest BCUT2D eigenvalue weighted by Crippen LogP contribution is 2.27. The van der Waals surface area contributed by atoms with E-state index < -0.39 is 23.5 Å². The Morgan fingerprint density at radius 1 is 1.14 bits per heavy atom. The Morgan fingerprint density at radius 3 is 2.68 bits per heavy atom. The number of nitrogens with one attached hydrogen (secondary N) is 2. The molecule has 3 amide bonds. The van der Waals surface area contributed by atoms with Crippen molar-refractivity contribution in [3.8, 4) is 0 Å². The Labute approximate surface area is 125 Å². The van der Waals surface area contributed by atoms with Gasteiger partial charge in [0.25, 0.3) is 17.6 Å². The predicted octanol–water partition coefficient (Wildman–Crippen LogP) is 0.242. The summed E-state index contributed by atoms with van der Waals surface area (Å²) in [7, 11) is 0. The van der Waals surface area contributed by atoms with Gasteiger partial charge in [-0.3, -0.25) is 24.5 Å². The molecule has 22 heavy (non-hydrogen) atoms. The van der Waals surface area contributed by atoms with E-state index in [2.05, 4.69) is 10.6 Å².